The Morgan fingerprint density at radius 3 is 2.82 bits per heavy atom. The molecule has 1 aromatic carbocycles. The van der Waals surface area contributed by atoms with Crippen molar-refractivity contribution in [2.24, 2.45) is 0 Å². The van der Waals surface area contributed by atoms with E-state index < -0.39 is 0 Å². The molecular formula is C12H9ClN4. The lowest BCUT2D eigenvalue weighted by atomic mass is 10.2. The molecule has 2 heterocycles. The van der Waals surface area contributed by atoms with Crippen LogP contribution in [0, 0.1) is 6.92 Å². The molecule has 3 aromatic rings. The monoisotopic (exact) mass is 244 g/mol. The van der Waals surface area contributed by atoms with Crippen LogP contribution in [-0.2, 0) is 0 Å². The third-order valence-electron chi connectivity index (χ3n) is 2.67. The van der Waals surface area contributed by atoms with Gasteiger partial charge < -0.3 is 4.57 Å². The molecule has 17 heavy (non-hydrogen) atoms. The minimum atomic E-state index is 0.467. The summed E-state index contributed by atoms with van der Waals surface area (Å²) in [7, 11) is 0. The molecule has 0 aliphatic heterocycles. The van der Waals surface area contributed by atoms with Gasteiger partial charge >= 0.3 is 0 Å². The summed E-state index contributed by atoms with van der Waals surface area (Å²) in [5.41, 5.74) is 1.84. The summed E-state index contributed by atoms with van der Waals surface area (Å²) in [5, 5.41) is 1.31. The summed E-state index contributed by atoms with van der Waals surface area (Å²) in [6.07, 6.45) is 5.14. The Kier molecular flexibility index (Phi) is 2.30. The summed E-state index contributed by atoms with van der Waals surface area (Å²) in [6, 6.07) is 5.88. The average molecular weight is 245 g/mol. The lowest BCUT2D eigenvalue weighted by Crippen LogP contribution is -1.96. The first kappa shape index (κ1) is 10.2. The fraction of sp³-hybridized carbons (Fsp3) is 0.0833. The quantitative estimate of drug-likeness (QED) is 0.618. The van der Waals surface area contributed by atoms with E-state index in [0.29, 0.717) is 5.15 Å². The van der Waals surface area contributed by atoms with Crippen molar-refractivity contribution in [1.82, 2.24) is 19.5 Å². The van der Waals surface area contributed by atoms with E-state index in [-0.39, 0.29) is 0 Å². The van der Waals surface area contributed by atoms with Crippen LogP contribution < -0.4 is 0 Å². The van der Waals surface area contributed by atoms with Crippen LogP contribution in [0.15, 0.2) is 36.9 Å². The van der Waals surface area contributed by atoms with Gasteiger partial charge in [0.2, 0.25) is 0 Å². The van der Waals surface area contributed by atoms with Gasteiger partial charge in [-0.1, -0.05) is 11.6 Å². The number of aryl methyl sites for hydroxylation is 1. The predicted octanol–water partition coefficient (Wildman–Crippen LogP) is 2.78. The second-order valence-electron chi connectivity index (χ2n) is 3.71. The van der Waals surface area contributed by atoms with Gasteiger partial charge in [-0.3, -0.25) is 0 Å². The Labute approximate surface area is 103 Å². The number of aromatic nitrogens is 4. The van der Waals surface area contributed by atoms with Gasteiger partial charge in [-0.25, -0.2) is 15.0 Å². The number of hydrogen-bond donors (Lipinski definition) is 0. The maximum absolute atomic E-state index is 6.05. The largest absolute Gasteiger partial charge is 0.304 e. The minimum absolute atomic E-state index is 0.467. The second-order valence-corrected chi connectivity index (χ2v) is 4.07. The van der Waals surface area contributed by atoms with Crippen LogP contribution in [0.3, 0.4) is 0 Å². The summed E-state index contributed by atoms with van der Waals surface area (Å²) in [4.78, 5) is 12.3. The van der Waals surface area contributed by atoms with Crippen LogP contribution in [0.25, 0.3) is 16.6 Å². The number of rotatable bonds is 1. The molecule has 0 aliphatic carbocycles. The third kappa shape index (κ3) is 1.66. The molecule has 84 valence electrons. The van der Waals surface area contributed by atoms with Gasteiger partial charge in [0.25, 0.3) is 0 Å². The number of hydrogen-bond acceptors (Lipinski definition) is 3. The minimum Gasteiger partial charge on any atom is -0.304 e. The maximum atomic E-state index is 6.05. The van der Waals surface area contributed by atoms with Crippen molar-refractivity contribution in [2.45, 2.75) is 6.92 Å². The number of imidazole rings is 1. The topological polar surface area (TPSA) is 43.6 Å². The first-order valence-corrected chi connectivity index (χ1v) is 5.54. The third-order valence-corrected chi connectivity index (χ3v) is 2.98. The van der Waals surface area contributed by atoms with Gasteiger partial charge in [0.15, 0.2) is 0 Å². The highest BCUT2D eigenvalue weighted by Crippen LogP contribution is 2.22. The Morgan fingerprint density at radius 2 is 2.06 bits per heavy atom. The molecule has 4 nitrogen and oxygen atoms in total. The van der Waals surface area contributed by atoms with Crippen molar-refractivity contribution >= 4 is 22.5 Å². The Balaban J connectivity index is 2.27. The van der Waals surface area contributed by atoms with Crippen LogP contribution in [0.1, 0.15) is 5.82 Å². The Bertz CT molecular complexity index is 690. The molecule has 0 fully saturated rings. The van der Waals surface area contributed by atoms with E-state index in [1.54, 1.807) is 6.20 Å². The number of benzene rings is 1. The molecule has 0 unspecified atom stereocenters. The van der Waals surface area contributed by atoms with Gasteiger partial charge in [0, 0.05) is 23.5 Å². The highest BCUT2D eigenvalue weighted by atomic mass is 35.5. The molecule has 0 spiro atoms. The van der Waals surface area contributed by atoms with Crippen molar-refractivity contribution in [3.8, 4) is 5.69 Å². The van der Waals surface area contributed by atoms with Crippen LogP contribution in [0.4, 0.5) is 0 Å². The summed E-state index contributed by atoms with van der Waals surface area (Å²) in [5.74, 6) is 0.928. The summed E-state index contributed by atoms with van der Waals surface area (Å²) < 4.78 is 1.99. The summed E-state index contributed by atoms with van der Waals surface area (Å²) >= 11 is 6.05. The molecule has 5 heteroatoms. The second kappa shape index (κ2) is 3.82. The molecule has 0 N–H and O–H groups in total. The molecule has 2 aromatic heterocycles. The van der Waals surface area contributed by atoms with Crippen molar-refractivity contribution in [3.63, 3.8) is 0 Å². The first-order valence-electron chi connectivity index (χ1n) is 5.16. The number of fused-ring (bicyclic) bond motifs is 1. The predicted molar refractivity (Wildman–Crippen MR) is 66.4 cm³/mol. The Hall–Kier alpha value is -1.94. The molecular weight excluding hydrogens is 236 g/mol. The molecule has 0 aliphatic rings. The van der Waals surface area contributed by atoms with Crippen LogP contribution in [-0.4, -0.2) is 19.5 Å². The zero-order chi connectivity index (χ0) is 11.8. The standard InChI is InChI=1S/C12H9ClN4/c1-8-14-4-5-17(8)9-2-3-11-10(6-9)12(13)16-7-15-11/h2-7H,1H3. The molecule has 0 saturated heterocycles. The molecule has 0 bridgehead atoms. The summed E-state index contributed by atoms with van der Waals surface area (Å²) in [6.45, 7) is 1.95. The zero-order valence-corrected chi connectivity index (χ0v) is 9.89. The fourth-order valence-corrected chi connectivity index (χ4v) is 2.01. The molecule has 0 radical (unpaired) electrons. The van der Waals surface area contributed by atoms with E-state index in [4.69, 9.17) is 11.6 Å². The molecule has 0 atom stereocenters. The number of nitrogens with zero attached hydrogens (tertiary/aromatic N) is 4. The van der Waals surface area contributed by atoms with Crippen molar-refractivity contribution in [2.75, 3.05) is 0 Å². The van der Waals surface area contributed by atoms with E-state index >= 15 is 0 Å². The molecule has 3 rings (SSSR count). The molecule has 0 saturated carbocycles. The zero-order valence-electron chi connectivity index (χ0n) is 9.13. The normalized spacial score (nSPS) is 10.9. The van der Waals surface area contributed by atoms with Gasteiger partial charge in [-0.2, -0.15) is 0 Å². The van der Waals surface area contributed by atoms with Crippen LogP contribution >= 0.6 is 11.6 Å². The van der Waals surface area contributed by atoms with E-state index in [2.05, 4.69) is 15.0 Å². The highest BCUT2D eigenvalue weighted by molar-refractivity contribution is 6.34. The van der Waals surface area contributed by atoms with Crippen molar-refractivity contribution in [3.05, 3.63) is 47.9 Å². The van der Waals surface area contributed by atoms with Gasteiger partial charge in [-0.15, -0.1) is 0 Å². The number of halogens is 1. The van der Waals surface area contributed by atoms with E-state index in [9.17, 15) is 0 Å². The lowest BCUT2D eigenvalue weighted by molar-refractivity contribution is 0.976. The van der Waals surface area contributed by atoms with Crippen LogP contribution in [0.2, 0.25) is 5.15 Å². The lowest BCUT2D eigenvalue weighted by Gasteiger charge is -2.06. The van der Waals surface area contributed by atoms with Crippen molar-refractivity contribution in [1.29, 1.82) is 0 Å². The van der Waals surface area contributed by atoms with E-state index in [1.165, 1.54) is 6.33 Å². The average Bonchev–Trinajstić information content (AvgIpc) is 2.76. The first-order chi connectivity index (χ1) is 8.25. The fourth-order valence-electron chi connectivity index (χ4n) is 1.81. The smallest absolute Gasteiger partial charge is 0.140 e. The SMILES string of the molecule is Cc1nccn1-c1ccc2ncnc(Cl)c2c1. The Morgan fingerprint density at radius 1 is 1.18 bits per heavy atom. The highest BCUT2D eigenvalue weighted by Gasteiger charge is 2.05. The maximum Gasteiger partial charge on any atom is 0.140 e. The van der Waals surface area contributed by atoms with E-state index in [0.717, 1.165) is 22.4 Å². The van der Waals surface area contributed by atoms with Gasteiger partial charge in [0.1, 0.15) is 17.3 Å². The van der Waals surface area contributed by atoms with Gasteiger partial charge in [-0.05, 0) is 25.1 Å². The van der Waals surface area contributed by atoms with Gasteiger partial charge in [0.05, 0.1) is 5.52 Å². The van der Waals surface area contributed by atoms with E-state index in [1.807, 2.05) is 35.9 Å². The van der Waals surface area contributed by atoms with Crippen molar-refractivity contribution < 1.29 is 0 Å². The molecule has 0 amide bonds. The van der Waals surface area contributed by atoms with Crippen LogP contribution in [0.5, 0.6) is 0 Å².